The van der Waals surface area contributed by atoms with Crippen molar-refractivity contribution < 1.29 is 23.9 Å². The number of benzene rings is 2. The van der Waals surface area contributed by atoms with Crippen molar-refractivity contribution in [1.82, 2.24) is 10.6 Å². The Morgan fingerprint density at radius 2 is 1.59 bits per heavy atom. The molecule has 0 radical (unpaired) electrons. The first kappa shape index (κ1) is 24.7. The van der Waals surface area contributed by atoms with E-state index in [9.17, 15) is 14.4 Å². The molecule has 0 atom stereocenters. The molecule has 0 aromatic heterocycles. The Kier molecular flexibility index (Phi) is 9.07. The lowest BCUT2D eigenvalue weighted by Gasteiger charge is -2.19. The highest BCUT2D eigenvalue weighted by molar-refractivity contribution is 5.94. The lowest BCUT2D eigenvalue weighted by atomic mass is 10.1. The number of anilines is 1. The van der Waals surface area contributed by atoms with E-state index in [0.717, 1.165) is 16.9 Å². The van der Waals surface area contributed by atoms with Gasteiger partial charge >= 0.3 is 6.09 Å². The Bertz CT molecular complexity index is 920. The topological polar surface area (TPSA) is 106 Å². The van der Waals surface area contributed by atoms with Crippen molar-refractivity contribution in [3.05, 3.63) is 59.7 Å². The van der Waals surface area contributed by atoms with E-state index in [4.69, 9.17) is 9.47 Å². The number of ether oxygens (including phenoxy) is 2. The molecule has 32 heavy (non-hydrogen) atoms. The van der Waals surface area contributed by atoms with Crippen molar-refractivity contribution in [3.63, 3.8) is 0 Å². The molecule has 0 unspecified atom stereocenters. The van der Waals surface area contributed by atoms with E-state index >= 15 is 0 Å². The minimum Gasteiger partial charge on any atom is -0.494 e. The molecule has 3 amide bonds. The molecule has 0 spiro atoms. The first-order valence-corrected chi connectivity index (χ1v) is 10.5. The van der Waals surface area contributed by atoms with Gasteiger partial charge in [-0.2, -0.15) is 0 Å². The van der Waals surface area contributed by atoms with Crippen molar-refractivity contribution in [1.29, 1.82) is 0 Å². The second-order valence-electron chi connectivity index (χ2n) is 8.09. The van der Waals surface area contributed by atoms with Crippen LogP contribution in [0.5, 0.6) is 5.75 Å². The van der Waals surface area contributed by atoms with Crippen LogP contribution in [-0.2, 0) is 27.3 Å². The molecule has 0 bridgehead atoms. The van der Waals surface area contributed by atoms with E-state index in [-0.39, 0.29) is 25.4 Å². The van der Waals surface area contributed by atoms with Gasteiger partial charge in [0.15, 0.2) is 0 Å². The van der Waals surface area contributed by atoms with Crippen LogP contribution in [0.2, 0.25) is 0 Å². The summed E-state index contributed by atoms with van der Waals surface area (Å²) in [5.41, 5.74) is 1.54. The number of rotatable bonds is 9. The maximum Gasteiger partial charge on any atom is 0.408 e. The molecule has 8 nitrogen and oxygen atoms in total. The lowest BCUT2D eigenvalue weighted by molar-refractivity contribution is -0.120. The fourth-order valence-corrected chi connectivity index (χ4v) is 2.77. The largest absolute Gasteiger partial charge is 0.494 e. The van der Waals surface area contributed by atoms with Crippen LogP contribution in [0.1, 0.15) is 38.8 Å². The third kappa shape index (κ3) is 9.07. The van der Waals surface area contributed by atoms with Crippen molar-refractivity contribution in [2.24, 2.45) is 0 Å². The number of amides is 3. The predicted molar refractivity (Wildman–Crippen MR) is 122 cm³/mol. The van der Waals surface area contributed by atoms with Gasteiger partial charge in [0.05, 0.1) is 13.0 Å². The van der Waals surface area contributed by atoms with Crippen molar-refractivity contribution in [2.45, 2.75) is 46.3 Å². The molecule has 2 aromatic rings. The number of hydrogen-bond acceptors (Lipinski definition) is 5. The molecule has 0 heterocycles. The normalized spacial score (nSPS) is 10.8. The van der Waals surface area contributed by atoms with Gasteiger partial charge in [-0.15, -0.1) is 0 Å². The average Bonchev–Trinajstić information content (AvgIpc) is 2.72. The minimum atomic E-state index is -0.664. The fourth-order valence-electron chi connectivity index (χ4n) is 2.77. The van der Waals surface area contributed by atoms with Crippen LogP contribution in [0.3, 0.4) is 0 Å². The monoisotopic (exact) mass is 441 g/mol. The van der Waals surface area contributed by atoms with Crippen LogP contribution in [0.25, 0.3) is 0 Å². The molecule has 0 saturated heterocycles. The van der Waals surface area contributed by atoms with Crippen LogP contribution in [-0.4, -0.2) is 36.7 Å². The van der Waals surface area contributed by atoms with Gasteiger partial charge in [0.1, 0.15) is 17.9 Å². The van der Waals surface area contributed by atoms with Crippen molar-refractivity contribution in [3.8, 4) is 5.75 Å². The van der Waals surface area contributed by atoms with Gasteiger partial charge in [-0.3, -0.25) is 9.59 Å². The number of alkyl carbamates (subject to hydrolysis) is 1. The molecule has 172 valence electrons. The van der Waals surface area contributed by atoms with Gasteiger partial charge in [-0.05, 0) is 57.0 Å². The van der Waals surface area contributed by atoms with Crippen LogP contribution in [0.4, 0.5) is 10.5 Å². The summed E-state index contributed by atoms with van der Waals surface area (Å²) < 4.78 is 10.5. The van der Waals surface area contributed by atoms with Crippen LogP contribution in [0, 0.1) is 0 Å². The summed E-state index contributed by atoms with van der Waals surface area (Å²) in [5.74, 6) is 0.230. The number of para-hydroxylation sites is 1. The highest BCUT2D eigenvalue weighted by Crippen LogP contribution is 2.15. The van der Waals surface area contributed by atoms with Crippen LogP contribution >= 0.6 is 0 Å². The number of carbonyl (C=O) groups is 3. The number of hydrogen-bond donors (Lipinski definition) is 3. The van der Waals surface area contributed by atoms with Crippen molar-refractivity contribution in [2.75, 3.05) is 18.5 Å². The summed E-state index contributed by atoms with van der Waals surface area (Å²) in [6, 6.07) is 14.5. The van der Waals surface area contributed by atoms with Gasteiger partial charge in [-0.25, -0.2) is 4.79 Å². The zero-order valence-electron chi connectivity index (χ0n) is 19.0. The molecule has 0 aliphatic carbocycles. The van der Waals surface area contributed by atoms with Crippen LogP contribution in [0.15, 0.2) is 48.5 Å². The summed E-state index contributed by atoms with van der Waals surface area (Å²) in [6.07, 6.45) is -0.428. The Balaban J connectivity index is 1.85. The third-order valence-corrected chi connectivity index (χ3v) is 4.16. The SMILES string of the molecule is CCOc1ccc(CC(=O)NCc2ccccc2NC(=O)CNC(=O)OC(C)(C)C)cc1. The zero-order valence-corrected chi connectivity index (χ0v) is 19.0. The molecular weight excluding hydrogens is 410 g/mol. The number of nitrogens with one attached hydrogen (secondary N) is 3. The van der Waals surface area contributed by atoms with E-state index in [1.54, 1.807) is 32.9 Å². The Labute approximate surface area is 188 Å². The van der Waals surface area contributed by atoms with E-state index in [1.165, 1.54) is 0 Å². The zero-order chi connectivity index (χ0) is 23.6. The molecule has 8 heteroatoms. The second kappa shape index (κ2) is 11.7. The molecule has 3 N–H and O–H groups in total. The molecular formula is C24H31N3O5. The first-order chi connectivity index (χ1) is 15.2. The smallest absolute Gasteiger partial charge is 0.408 e. The van der Waals surface area contributed by atoms with Gasteiger partial charge in [0.25, 0.3) is 0 Å². The highest BCUT2D eigenvalue weighted by atomic mass is 16.6. The van der Waals surface area contributed by atoms with E-state index in [2.05, 4.69) is 16.0 Å². The minimum absolute atomic E-state index is 0.137. The summed E-state index contributed by atoms with van der Waals surface area (Å²) in [4.78, 5) is 36.2. The maximum atomic E-state index is 12.3. The van der Waals surface area contributed by atoms with Gasteiger partial charge < -0.3 is 25.4 Å². The Hall–Kier alpha value is -3.55. The molecule has 0 aliphatic heterocycles. The quantitative estimate of drug-likeness (QED) is 0.553. The lowest BCUT2D eigenvalue weighted by Crippen LogP contribution is -2.37. The molecule has 2 rings (SSSR count). The molecule has 0 saturated carbocycles. The van der Waals surface area contributed by atoms with Crippen molar-refractivity contribution >= 4 is 23.6 Å². The maximum absolute atomic E-state index is 12.3. The second-order valence-corrected chi connectivity index (χ2v) is 8.09. The van der Waals surface area contributed by atoms with Gasteiger partial charge in [-0.1, -0.05) is 30.3 Å². The fraction of sp³-hybridized carbons (Fsp3) is 0.375. The summed E-state index contributed by atoms with van der Waals surface area (Å²) in [6.45, 7) is 7.76. The van der Waals surface area contributed by atoms with E-state index in [0.29, 0.717) is 12.3 Å². The summed E-state index contributed by atoms with van der Waals surface area (Å²) in [5, 5.41) is 8.03. The molecule has 2 aromatic carbocycles. The number of carbonyl (C=O) groups excluding carboxylic acids is 3. The van der Waals surface area contributed by atoms with Gasteiger partial charge in [0.2, 0.25) is 11.8 Å². The molecule has 0 aliphatic rings. The van der Waals surface area contributed by atoms with E-state index in [1.807, 2.05) is 43.3 Å². The Morgan fingerprint density at radius 3 is 2.25 bits per heavy atom. The van der Waals surface area contributed by atoms with E-state index < -0.39 is 17.6 Å². The first-order valence-electron chi connectivity index (χ1n) is 10.5. The average molecular weight is 442 g/mol. The molecule has 0 fully saturated rings. The highest BCUT2D eigenvalue weighted by Gasteiger charge is 2.17. The third-order valence-electron chi connectivity index (χ3n) is 4.16. The standard InChI is InChI=1S/C24H31N3O5/c1-5-31-19-12-10-17(11-13-19)14-21(28)25-15-18-8-6-7-9-20(18)27-22(29)16-26-23(30)32-24(2,3)4/h6-13H,5,14-16H2,1-4H3,(H,25,28)(H,26,30)(H,27,29). The predicted octanol–water partition coefficient (Wildman–Crippen LogP) is 3.41. The Morgan fingerprint density at radius 1 is 0.906 bits per heavy atom. The van der Waals surface area contributed by atoms with Gasteiger partial charge in [0, 0.05) is 12.2 Å². The summed E-state index contributed by atoms with van der Waals surface area (Å²) >= 11 is 0. The van der Waals surface area contributed by atoms with Crippen LogP contribution < -0.4 is 20.7 Å². The summed E-state index contributed by atoms with van der Waals surface area (Å²) in [7, 11) is 0.